The van der Waals surface area contributed by atoms with Crippen molar-refractivity contribution in [2.45, 2.75) is 31.6 Å². The average molecular weight is 296 g/mol. The molecule has 0 saturated carbocycles. The van der Waals surface area contributed by atoms with Crippen LogP contribution in [0.3, 0.4) is 0 Å². The second-order valence-corrected chi connectivity index (χ2v) is 5.38. The first-order valence-corrected chi connectivity index (χ1v) is 7.15. The molecule has 1 unspecified atom stereocenters. The highest BCUT2D eigenvalue weighted by molar-refractivity contribution is 5.17. The summed E-state index contributed by atoms with van der Waals surface area (Å²) in [6.07, 6.45) is 4.87. The van der Waals surface area contributed by atoms with Gasteiger partial charge in [-0.1, -0.05) is 6.07 Å². The molecule has 1 aromatic rings. The molecule has 1 fully saturated rings. The number of nitrogens with zero attached hydrogens (tertiary/aromatic N) is 1. The van der Waals surface area contributed by atoms with Crippen LogP contribution >= 0.6 is 0 Å². The number of hydrogen-bond acceptors (Lipinski definition) is 4. The summed E-state index contributed by atoms with van der Waals surface area (Å²) in [4.78, 5) is 2.23. The number of hydrogen-bond donors (Lipinski definition) is 3. The van der Waals surface area contributed by atoms with Crippen molar-refractivity contribution in [3.63, 3.8) is 0 Å². The van der Waals surface area contributed by atoms with E-state index < -0.39 is 11.6 Å². The van der Waals surface area contributed by atoms with Crippen LogP contribution in [0.5, 0.6) is 0 Å². The van der Waals surface area contributed by atoms with Gasteiger partial charge in [-0.15, -0.1) is 0 Å². The second-order valence-electron chi connectivity index (χ2n) is 5.38. The third-order valence-corrected chi connectivity index (χ3v) is 3.72. The minimum atomic E-state index is -0.802. The topological polar surface area (TPSA) is 67.3 Å². The zero-order chi connectivity index (χ0) is 15.2. The smallest absolute Gasteiger partial charge is 0.159 e. The summed E-state index contributed by atoms with van der Waals surface area (Å²) < 4.78 is 26.1. The number of rotatable bonds is 5. The van der Waals surface area contributed by atoms with Gasteiger partial charge in [0.25, 0.3) is 0 Å². The van der Waals surface area contributed by atoms with Gasteiger partial charge in [-0.3, -0.25) is 10.2 Å². The standard InChI is InChI=1S/C15H22F2N4/c16-13-2-1-11(9-14(13)17)10-21-7-4-12(5-8-21)20-15(19)3-6-18/h1-3,6,9,12,15,20H,4-5,7-8,10,18-19H2/b6-3-. The molecule has 5 N–H and O–H groups in total. The molecule has 21 heavy (non-hydrogen) atoms. The number of likely N-dealkylation sites (tertiary alicyclic amines) is 1. The molecule has 0 amide bonds. The van der Waals surface area contributed by atoms with Gasteiger partial charge in [0.2, 0.25) is 0 Å². The normalized spacial score (nSPS) is 19.2. The summed E-state index contributed by atoms with van der Waals surface area (Å²) in [5, 5.41) is 3.30. The van der Waals surface area contributed by atoms with Crippen molar-refractivity contribution in [1.82, 2.24) is 10.2 Å². The molecule has 1 aromatic carbocycles. The van der Waals surface area contributed by atoms with Crippen LogP contribution in [0.2, 0.25) is 0 Å². The Bertz CT molecular complexity index is 485. The zero-order valence-electron chi connectivity index (χ0n) is 11.9. The van der Waals surface area contributed by atoms with Gasteiger partial charge in [0.05, 0.1) is 6.17 Å². The Morgan fingerprint density at radius 1 is 1.29 bits per heavy atom. The van der Waals surface area contributed by atoms with Crippen LogP contribution in [-0.4, -0.2) is 30.2 Å². The molecule has 1 aliphatic rings. The van der Waals surface area contributed by atoms with Crippen molar-refractivity contribution in [2.75, 3.05) is 13.1 Å². The van der Waals surface area contributed by atoms with Gasteiger partial charge in [-0.05, 0) is 55.9 Å². The van der Waals surface area contributed by atoms with Crippen molar-refractivity contribution < 1.29 is 8.78 Å². The molecule has 0 aliphatic carbocycles. The monoisotopic (exact) mass is 296 g/mol. The Morgan fingerprint density at radius 3 is 2.62 bits per heavy atom. The number of piperidine rings is 1. The predicted octanol–water partition coefficient (Wildman–Crippen LogP) is 1.28. The van der Waals surface area contributed by atoms with Crippen LogP contribution in [0.25, 0.3) is 0 Å². The van der Waals surface area contributed by atoms with Crippen molar-refractivity contribution >= 4 is 0 Å². The van der Waals surface area contributed by atoms with Crippen LogP contribution in [0.1, 0.15) is 18.4 Å². The first-order chi connectivity index (χ1) is 10.1. The molecule has 1 atom stereocenters. The summed E-state index contributed by atoms with van der Waals surface area (Å²) in [6, 6.07) is 4.43. The van der Waals surface area contributed by atoms with Gasteiger partial charge >= 0.3 is 0 Å². The lowest BCUT2D eigenvalue weighted by Gasteiger charge is -2.33. The Labute approximate surface area is 123 Å². The molecule has 2 rings (SSSR count). The molecular formula is C15H22F2N4. The average Bonchev–Trinajstić information content (AvgIpc) is 2.45. The van der Waals surface area contributed by atoms with Crippen molar-refractivity contribution in [1.29, 1.82) is 0 Å². The van der Waals surface area contributed by atoms with Crippen LogP contribution in [0, 0.1) is 11.6 Å². The quantitative estimate of drug-likeness (QED) is 0.716. The fraction of sp³-hybridized carbons (Fsp3) is 0.467. The van der Waals surface area contributed by atoms with E-state index in [2.05, 4.69) is 10.2 Å². The minimum Gasteiger partial charge on any atom is -0.405 e. The highest BCUT2D eigenvalue weighted by Gasteiger charge is 2.20. The van der Waals surface area contributed by atoms with Crippen molar-refractivity contribution in [3.05, 3.63) is 47.7 Å². The molecule has 116 valence electrons. The van der Waals surface area contributed by atoms with Crippen LogP contribution in [0.15, 0.2) is 30.5 Å². The molecule has 0 aromatic heterocycles. The van der Waals surface area contributed by atoms with E-state index in [0.717, 1.165) is 31.5 Å². The first kappa shape index (κ1) is 15.9. The molecule has 1 saturated heterocycles. The molecule has 1 aliphatic heterocycles. The fourth-order valence-electron chi connectivity index (χ4n) is 2.60. The summed E-state index contributed by atoms with van der Waals surface area (Å²) in [7, 11) is 0. The number of nitrogens with two attached hydrogens (primary N) is 2. The van der Waals surface area contributed by atoms with Gasteiger partial charge in [0.1, 0.15) is 0 Å². The maximum Gasteiger partial charge on any atom is 0.159 e. The molecule has 0 radical (unpaired) electrons. The second kappa shape index (κ2) is 7.49. The Hall–Kier alpha value is -1.50. The van der Waals surface area contributed by atoms with E-state index in [1.54, 1.807) is 12.1 Å². The summed E-state index contributed by atoms with van der Waals surface area (Å²) in [6.45, 7) is 2.43. The molecular weight excluding hydrogens is 274 g/mol. The van der Waals surface area contributed by atoms with Gasteiger partial charge in [-0.25, -0.2) is 8.78 Å². The maximum absolute atomic E-state index is 13.2. The highest BCUT2D eigenvalue weighted by atomic mass is 19.2. The third kappa shape index (κ3) is 4.77. The van der Waals surface area contributed by atoms with Crippen LogP contribution < -0.4 is 16.8 Å². The van der Waals surface area contributed by atoms with Gasteiger partial charge in [-0.2, -0.15) is 0 Å². The van der Waals surface area contributed by atoms with E-state index in [9.17, 15) is 8.78 Å². The van der Waals surface area contributed by atoms with E-state index >= 15 is 0 Å². The van der Waals surface area contributed by atoms with E-state index in [-0.39, 0.29) is 6.17 Å². The lowest BCUT2D eigenvalue weighted by Crippen LogP contribution is -2.48. The maximum atomic E-state index is 13.2. The van der Waals surface area contributed by atoms with E-state index in [1.807, 2.05) is 0 Å². The van der Waals surface area contributed by atoms with Crippen LogP contribution in [-0.2, 0) is 6.54 Å². The lowest BCUT2D eigenvalue weighted by atomic mass is 10.0. The fourth-order valence-corrected chi connectivity index (χ4v) is 2.60. The molecule has 6 heteroatoms. The summed E-state index contributed by atoms with van der Waals surface area (Å²) >= 11 is 0. The van der Waals surface area contributed by atoms with E-state index in [1.165, 1.54) is 18.3 Å². The Morgan fingerprint density at radius 2 is 2.00 bits per heavy atom. The van der Waals surface area contributed by atoms with Crippen molar-refractivity contribution in [3.8, 4) is 0 Å². The minimum absolute atomic E-state index is 0.224. The van der Waals surface area contributed by atoms with Gasteiger partial charge < -0.3 is 11.5 Å². The first-order valence-electron chi connectivity index (χ1n) is 7.15. The SMILES string of the molecule is N/C=C\C(N)NC1CCN(Cc2ccc(F)c(F)c2)CC1. The Kier molecular flexibility index (Phi) is 5.67. The van der Waals surface area contributed by atoms with E-state index in [4.69, 9.17) is 11.5 Å². The van der Waals surface area contributed by atoms with Gasteiger partial charge in [0, 0.05) is 12.6 Å². The third-order valence-electron chi connectivity index (χ3n) is 3.72. The van der Waals surface area contributed by atoms with Gasteiger partial charge in [0.15, 0.2) is 11.6 Å². The largest absolute Gasteiger partial charge is 0.405 e. The number of halogens is 2. The van der Waals surface area contributed by atoms with Crippen LogP contribution in [0.4, 0.5) is 8.78 Å². The Balaban J connectivity index is 1.80. The number of nitrogens with one attached hydrogen (secondary N) is 1. The molecule has 4 nitrogen and oxygen atoms in total. The zero-order valence-corrected chi connectivity index (χ0v) is 11.9. The predicted molar refractivity (Wildman–Crippen MR) is 79.1 cm³/mol. The summed E-state index contributed by atoms with van der Waals surface area (Å²) in [5.74, 6) is -1.59. The summed E-state index contributed by atoms with van der Waals surface area (Å²) in [5.41, 5.74) is 11.9. The molecule has 0 spiro atoms. The highest BCUT2D eigenvalue weighted by Crippen LogP contribution is 2.16. The van der Waals surface area contributed by atoms with Crippen molar-refractivity contribution in [2.24, 2.45) is 11.5 Å². The van der Waals surface area contributed by atoms with E-state index in [0.29, 0.717) is 12.6 Å². The molecule has 0 bridgehead atoms. The number of benzene rings is 1. The molecule has 1 heterocycles. The lowest BCUT2D eigenvalue weighted by molar-refractivity contribution is 0.187.